The molecule has 70 valence electrons. The van der Waals surface area contributed by atoms with Crippen LogP contribution >= 0.6 is 12.6 Å². The molecule has 0 aliphatic rings. The van der Waals surface area contributed by atoms with Gasteiger partial charge in [-0.05, 0) is 0 Å². The highest BCUT2D eigenvalue weighted by Crippen LogP contribution is 2.11. The van der Waals surface area contributed by atoms with Crippen LogP contribution in [0.5, 0.6) is 0 Å². The maximum Gasteiger partial charge on any atom is 0.209 e. The van der Waals surface area contributed by atoms with Crippen LogP contribution in [0.2, 0.25) is 0 Å². The highest BCUT2D eigenvalue weighted by atomic mass is 32.1. The van der Waals surface area contributed by atoms with Crippen LogP contribution in [0.1, 0.15) is 0 Å². The summed E-state index contributed by atoms with van der Waals surface area (Å²) in [5.74, 6) is 0. The number of nitrogens with zero attached hydrogens (tertiary/aromatic N) is 1. The van der Waals surface area contributed by atoms with Gasteiger partial charge in [-0.3, -0.25) is 9.89 Å². The second-order valence-electron chi connectivity index (χ2n) is 2.83. The quantitative estimate of drug-likeness (QED) is 0.695. The van der Waals surface area contributed by atoms with E-state index >= 15 is 0 Å². The monoisotopic (exact) mass is 204 g/mol. The molecule has 0 bridgehead atoms. The summed E-state index contributed by atoms with van der Waals surface area (Å²) in [6.45, 7) is 0. The number of nitrogens with one attached hydrogen (secondary N) is 1. The molecule has 4 heteroatoms. The predicted octanol–water partition coefficient (Wildman–Crippen LogP) is 1.73. The van der Waals surface area contributed by atoms with Crippen LogP contribution in [0, 0.1) is 0 Å². The Labute approximate surface area is 86.2 Å². The van der Waals surface area contributed by atoms with Crippen molar-refractivity contribution in [2.45, 2.75) is 5.03 Å². The number of H-pyrrole nitrogens is 1. The third kappa shape index (κ3) is 1.70. The van der Waals surface area contributed by atoms with E-state index < -0.39 is 0 Å². The minimum absolute atomic E-state index is 0.125. The fourth-order valence-electron chi connectivity index (χ4n) is 1.20. The third-order valence-corrected chi connectivity index (χ3v) is 2.06. The molecule has 2 rings (SSSR count). The fourth-order valence-corrected chi connectivity index (χ4v) is 1.36. The van der Waals surface area contributed by atoms with Crippen molar-refractivity contribution in [1.82, 2.24) is 10.2 Å². The first-order valence-electron chi connectivity index (χ1n) is 4.11. The molecule has 0 fully saturated rings. The Bertz CT molecular complexity index is 493. The van der Waals surface area contributed by atoms with E-state index in [0.717, 1.165) is 5.56 Å². The maximum atomic E-state index is 11.5. The fraction of sp³-hybridized carbons (Fsp3) is 0. The first-order chi connectivity index (χ1) is 6.77. The number of aromatic amines is 1. The summed E-state index contributed by atoms with van der Waals surface area (Å²) < 4.78 is 0. The van der Waals surface area contributed by atoms with E-state index in [1.54, 1.807) is 0 Å². The first-order valence-corrected chi connectivity index (χ1v) is 4.56. The standard InChI is InChI=1S/C10H8N2OS/c13-8-6-9(14)11-12-10(8)7-4-2-1-3-5-7/h1-6H,(H2,11,13,14). The topological polar surface area (TPSA) is 45.8 Å². The molecule has 0 atom stereocenters. The Morgan fingerprint density at radius 3 is 2.57 bits per heavy atom. The molecule has 1 N–H and O–H groups in total. The zero-order valence-corrected chi connectivity index (χ0v) is 8.16. The molecule has 0 saturated carbocycles. The number of hydrogen-bond donors (Lipinski definition) is 2. The van der Waals surface area contributed by atoms with Crippen molar-refractivity contribution in [3.63, 3.8) is 0 Å². The van der Waals surface area contributed by atoms with Crippen LogP contribution in [-0.2, 0) is 0 Å². The Hall–Kier alpha value is -1.55. The van der Waals surface area contributed by atoms with Gasteiger partial charge in [-0.1, -0.05) is 30.3 Å². The molecule has 0 unspecified atom stereocenters. The molecule has 0 saturated heterocycles. The van der Waals surface area contributed by atoms with E-state index in [4.69, 9.17) is 0 Å². The van der Waals surface area contributed by atoms with Gasteiger partial charge in [0.25, 0.3) is 0 Å². The Balaban J connectivity index is 2.59. The summed E-state index contributed by atoms with van der Waals surface area (Å²) in [4.78, 5) is 11.5. The summed E-state index contributed by atoms with van der Waals surface area (Å²) >= 11 is 4.00. The van der Waals surface area contributed by atoms with Gasteiger partial charge in [0.1, 0.15) is 5.69 Å². The summed E-state index contributed by atoms with van der Waals surface area (Å²) in [5, 5.41) is 7.05. The number of hydrogen-bond acceptors (Lipinski definition) is 3. The average Bonchev–Trinajstić information content (AvgIpc) is 2.19. The van der Waals surface area contributed by atoms with Gasteiger partial charge >= 0.3 is 0 Å². The zero-order chi connectivity index (χ0) is 9.97. The van der Waals surface area contributed by atoms with E-state index in [2.05, 4.69) is 22.8 Å². The Morgan fingerprint density at radius 2 is 1.93 bits per heavy atom. The van der Waals surface area contributed by atoms with Crippen LogP contribution in [0.25, 0.3) is 11.3 Å². The van der Waals surface area contributed by atoms with Gasteiger partial charge in [0.15, 0.2) is 0 Å². The molecular weight excluding hydrogens is 196 g/mol. The maximum absolute atomic E-state index is 11.5. The first kappa shape index (κ1) is 9.02. The lowest BCUT2D eigenvalue weighted by molar-refractivity contribution is 0.929. The molecule has 14 heavy (non-hydrogen) atoms. The van der Waals surface area contributed by atoms with E-state index in [1.165, 1.54) is 6.07 Å². The summed E-state index contributed by atoms with van der Waals surface area (Å²) in [7, 11) is 0. The van der Waals surface area contributed by atoms with E-state index in [0.29, 0.717) is 10.7 Å². The summed E-state index contributed by atoms with van der Waals surface area (Å²) in [6, 6.07) is 10.7. The lowest BCUT2D eigenvalue weighted by Crippen LogP contribution is -2.07. The van der Waals surface area contributed by atoms with Gasteiger partial charge in [0.05, 0.1) is 5.03 Å². The molecule has 0 aliphatic carbocycles. The third-order valence-electron chi connectivity index (χ3n) is 1.83. The zero-order valence-electron chi connectivity index (χ0n) is 7.27. The van der Waals surface area contributed by atoms with Gasteiger partial charge in [0, 0.05) is 11.6 Å². The van der Waals surface area contributed by atoms with Gasteiger partial charge < -0.3 is 0 Å². The highest BCUT2D eigenvalue weighted by Gasteiger charge is 2.03. The van der Waals surface area contributed by atoms with Crippen LogP contribution in [0.3, 0.4) is 0 Å². The predicted molar refractivity (Wildman–Crippen MR) is 57.5 cm³/mol. The lowest BCUT2D eigenvalue weighted by Gasteiger charge is -1.98. The second-order valence-corrected chi connectivity index (χ2v) is 3.31. The normalized spacial score (nSPS) is 10.1. The molecule has 0 amide bonds. The summed E-state index contributed by atoms with van der Waals surface area (Å²) in [5.41, 5.74) is 1.10. The molecule has 0 aliphatic heterocycles. The molecule has 2 aromatic rings. The molecule has 1 heterocycles. The van der Waals surface area contributed by atoms with Crippen molar-refractivity contribution in [1.29, 1.82) is 0 Å². The van der Waals surface area contributed by atoms with Crippen LogP contribution in [0.15, 0.2) is 46.2 Å². The average molecular weight is 204 g/mol. The van der Waals surface area contributed by atoms with Crippen LogP contribution < -0.4 is 5.43 Å². The van der Waals surface area contributed by atoms with Crippen molar-refractivity contribution in [2.75, 3.05) is 0 Å². The van der Waals surface area contributed by atoms with Crippen molar-refractivity contribution < 1.29 is 0 Å². The number of thiol groups is 1. The van der Waals surface area contributed by atoms with Gasteiger partial charge in [0.2, 0.25) is 5.43 Å². The minimum atomic E-state index is -0.125. The Kier molecular flexibility index (Phi) is 2.37. The SMILES string of the molecule is O=c1cc(S)[nH]nc1-c1ccccc1. The van der Waals surface area contributed by atoms with Crippen molar-refractivity contribution in [3.05, 3.63) is 46.6 Å². The number of aromatic nitrogens is 2. The minimum Gasteiger partial charge on any atom is -0.287 e. The number of benzene rings is 1. The van der Waals surface area contributed by atoms with Gasteiger partial charge in [-0.25, -0.2) is 0 Å². The lowest BCUT2D eigenvalue weighted by atomic mass is 10.1. The molecule has 0 radical (unpaired) electrons. The molecular formula is C10H8N2OS. The van der Waals surface area contributed by atoms with Crippen molar-refractivity contribution in [2.24, 2.45) is 0 Å². The van der Waals surface area contributed by atoms with Gasteiger partial charge in [-0.2, -0.15) is 5.10 Å². The summed E-state index contributed by atoms with van der Waals surface area (Å²) in [6.07, 6.45) is 0. The number of rotatable bonds is 1. The smallest absolute Gasteiger partial charge is 0.209 e. The highest BCUT2D eigenvalue weighted by molar-refractivity contribution is 7.80. The molecule has 1 aromatic carbocycles. The molecule has 3 nitrogen and oxygen atoms in total. The second kappa shape index (κ2) is 3.67. The Morgan fingerprint density at radius 1 is 1.21 bits per heavy atom. The van der Waals surface area contributed by atoms with E-state index in [1.807, 2.05) is 30.3 Å². The van der Waals surface area contributed by atoms with Gasteiger partial charge in [-0.15, -0.1) is 12.6 Å². The van der Waals surface area contributed by atoms with Crippen molar-refractivity contribution >= 4 is 12.6 Å². The van der Waals surface area contributed by atoms with E-state index in [-0.39, 0.29) is 5.43 Å². The van der Waals surface area contributed by atoms with E-state index in [9.17, 15) is 4.79 Å². The van der Waals surface area contributed by atoms with Crippen molar-refractivity contribution in [3.8, 4) is 11.3 Å². The van der Waals surface area contributed by atoms with Crippen LogP contribution in [0.4, 0.5) is 0 Å². The molecule has 0 spiro atoms. The molecule has 1 aromatic heterocycles. The largest absolute Gasteiger partial charge is 0.287 e. The van der Waals surface area contributed by atoms with Crippen LogP contribution in [-0.4, -0.2) is 10.2 Å².